The minimum Gasteiger partial charge on any atom is -0.475 e. The molecule has 0 saturated heterocycles. The Hall–Kier alpha value is -1.23. The van der Waals surface area contributed by atoms with Gasteiger partial charge in [0.1, 0.15) is 11.6 Å². The fourth-order valence-electron chi connectivity index (χ4n) is 1.71. The molecule has 0 amide bonds. The van der Waals surface area contributed by atoms with Crippen molar-refractivity contribution in [3.8, 4) is 0 Å². The molecule has 1 aliphatic heterocycles. The van der Waals surface area contributed by atoms with Crippen molar-refractivity contribution in [3.63, 3.8) is 0 Å². The van der Waals surface area contributed by atoms with E-state index in [9.17, 15) is 13.2 Å². The van der Waals surface area contributed by atoms with Gasteiger partial charge in [-0.2, -0.15) is 0 Å². The van der Waals surface area contributed by atoms with Gasteiger partial charge in [-0.1, -0.05) is 11.6 Å². The number of aliphatic imine (C=N–C) groups is 1. The van der Waals surface area contributed by atoms with Crippen LogP contribution in [-0.4, -0.2) is 18.0 Å². The molecule has 1 aliphatic rings. The number of benzene rings is 1. The molecule has 0 bridgehead atoms. The van der Waals surface area contributed by atoms with Gasteiger partial charge < -0.3 is 4.74 Å². The molecular formula is C12H11ClF3NO. The smallest absolute Gasteiger partial charge is 0.220 e. The maximum atomic E-state index is 13.9. The van der Waals surface area contributed by atoms with Gasteiger partial charge in [-0.3, -0.25) is 0 Å². The molecule has 0 radical (unpaired) electrons. The zero-order chi connectivity index (χ0) is 13.7. The summed E-state index contributed by atoms with van der Waals surface area (Å²) in [6.45, 7) is 5.08. The van der Waals surface area contributed by atoms with Crippen LogP contribution >= 0.6 is 11.6 Å². The van der Waals surface area contributed by atoms with Crippen LogP contribution in [0.15, 0.2) is 4.99 Å². The first kappa shape index (κ1) is 13.2. The fourth-order valence-corrected chi connectivity index (χ4v) is 1.89. The van der Waals surface area contributed by atoms with E-state index < -0.39 is 28.0 Å². The molecule has 1 aromatic rings. The molecule has 18 heavy (non-hydrogen) atoms. The number of ether oxygens (including phenoxy) is 1. The van der Waals surface area contributed by atoms with Crippen LogP contribution in [0.4, 0.5) is 13.2 Å². The van der Waals surface area contributed by atoms with E-state index >= 15 is 0 Å². The van der Waals surface area contributed by atoms with Crippen molar-refractivity contribution >= 4 is 17.5 Å². The summed E-state index contributed by atoms with van der Waals surface area (Å²) in [5.74, 6) is -3.68. The van der Waals surface area contributed by atoms with E-state index in [-0.39, 0.29) is 23.6 Å². The first-order valence-electron chi connectivity index (χ1n) is 5.30. The molecule has 0 N–H and O–H groups in total. The molecule has 0 atom stereocenters. The molecule has 6 heteroatoms. The molecule has 2 rings (SSSR count). The number of hydrogen-bond acceptors (Lipinski definition) is 2. The van der Waals surface area contributed by atoms with Crippen LogP contribution in [-0.2, 0) is 4.74 Å². The third-order valence-electron chi connectivity index (χ3n) is 2.68. The minimum atomic E-state index is -1.40. The second kappa shape index (κ2) is 4.16. The fraction of sp³-hybridized carbons (Fsp3) is 0.417. The molecule has 0 aliphatic carbocycles. The SMILES string of the molecule is Cc1c(F)c(F)c(Cl)c(F)c1C1=NC(C)(C)CO1. The molecule has 0 fully saturated rings. The highest BCUT2D eigenvalue weighted by atomic mass is 35.5. The van der Waals surface area contributed by atoms with Crippen LogP contribution in [0.2, 0.25) is 5.02 Å². The van der Waals surface area contributed by atoms with Crippen LogP contribution in [0.1, 0.15) is 25.0 Å². The van der Waals surface area contributed by atoms with Crippen molar-refractivity contribution in [2.75, 3.05) is 6.61 Å². The summed E-state index contributed by atoms with van der Waals surface area (Å²) in [5, 5.41) is -0.885. The van der Waals surface area contributed by atoms with Gasteiger partial charge in [0.2, 0.25) is 5.90 Å². The molecule has 0 spiro atoms. The van der Waals surface area contributed by atoms with E-state index in [0.717, 1.165) is 0 Å². The number of rotatable bonds is 1. The van der Waals surface area contributed by atoms with E-state index in [4.69, 9.17) is 16.3 Å². The summed E-state index contributed by atoms with van der Waals surface area (Å²) < 4.78 is 45.9. The third-order valence-corrected chi connectivity index (χ3v) is 3.01. The maximum Gasteiger partial charge on any atom is 0.220 e. The van der Waals surface area contributed by atoms with Crippen LogP contribution in [0, 0.1) is 24.4 Å². The quantitative estimate of drug-likeness (QED) is 0.567. The lowest BCUT2D eigenvalue weighted by Gasteiger charge is -2.10. The molecular weight excluding hydrogens is 267 g/mol. The Morgan fingerprint density at radius 3 is 2.28 bits per heavy atom. The minimum absolute atomic E-state index is 0.0456. The normalized spacial score (nSPS) is 17.6. The lowest BCUT2D eigenvalue weighted by atomic mass is 10.1. The van der Waals surface area contributed by atoms with Crippen molar-refractivity contribution in [2.24, 2.45) is 4.99 Å². The molecule has 1 heterocycles. The van der Waals surface area contributed by atoms with Crippen molar-refractivity contribution in [2.45, 2.75) is 26.3 Å². The number of halogens is 4. The molecule has 0 unspecified atom stereocenters. The van der Waals surface area contributed by atoms with Crippen molar-refractivity contribution in [3.05, 3.63) is 33.6 Å². The number of nitrogens with zero attached hydrogens (tertiary/aromatic N) is 1. The lowest BCUT2D eigenvalue weighted by Crippen LogP contribution is -2.17. The second-order valence-corrected chi connectivity index (χ2v) is 5.15. The van der Waals surface area contributed by atoms with Gasteiger partial charge in [0.05, 0.1) is 11.1 Å². The third kappa shape index (κ3) is 1.96. The van der Waals surface area contributed by atoms with Crippen LogP contribution in [0.3, 0.4) is 0 Å². The Kier molecular flexibility index (Phi) is 3.05. The molecule has 98 valence electrons. The summed E-state index contributed by atoms with van der Waals surface area (Å²) in [7, 11) is 0. The Bertz CT molecular complexity index is 526. The Labute approximate surface area is 107 Å². The number of hydrogen-bond donors (Lipinski definition) is 0. The molecule has 0 aromatic heterocycles. The summed E-state index contributed by atoms with van der Waals surface area (Å²) in [4.78, 5) is 4.13. The molecule has 1 aromatic carbocycles. The van der Waals surface area contributed by atoms with Crippen LogP contribution in [0.25, 0.3) is 0 Å². The predicted octanol–water partition coefficient (Wildman–Crippen LogP) is 3.62. The summed E-state index contributed by atoms with van der Waals surface area (Å²) in [6, 6.07) is 0. The summed E-state index contributed by atoms with van der Waals surface area (Å²) >= 11 is 5.41. The van der Waals surface area contributed by atoms with Gasteiger partial charge >= 0.3 is 0 Å². The second-order valence-electron chi connectivity index (χ2n) is 4.77. The Morgan fingerprint density at radius 2 is 1.78 bits per heavy atom. The first-order valence-corrected chi connectivity index (χ1v) is 5.68. The summed E-state index contributed by atoms with van der Waals surface area (Å²) in [5.41, 5.74) is -0.943. The maximum absolute atomic E-state index is 13.9. The van der Waals surface area contributed by atoms with E-state index in [2.05, 4.69) is 4.99 Å². The zero-order valence-electron chi connectivity index (χ0n) is 10.1. The van der Waals surface area contributed by atoms with E-state index in [1.807, 2.05) is 0 Å². The van der Waals surface area contributed by atoms with E-state index in [0.29, 0.717) is 0 Å². The van der Waals surface area contributed by atoms with Gasteiger partial charge in [0, 0.05) is 5.56 Å². The van der Waals surface area contributed by atoms with Crippen LogP contribution in [0.5, 0.6) is 0 Å². The van der Waals surface area contributed by atoms with E-state index in [1.165, 1.54) is 6.92 Å². The van der Waals surface area contributed by atoms with Gasteiger partial charge in [0.15, 0.2) is 17.5 Å². The van der Waals surface area contributed by atoms with Gasteiger partial charge in [0.25, 0.3) is 0 Å². The highest BCUT2D eigenvalue weighted by Crippen LogP contribution is 2.31. The van der Waals surface area contributed by atoms with Gasteiger partial charge in [-0.25, -0.2) is 18.2 Å². The van der Waals surface area contributed by atoms with Crippen LogP contribution < -0.4 is 0 Å². The predicted molar refractivity (Wildman–Crippen MR) is 62.6 cm³/mol. The highest BCUT2D eigenvalue weighted by Gasteiger charge is 2.32. The van der Waals surface area contributed by atoms with Crippen molar-refractivity contribution in [1.29, 1.82) is 0 Å². The van der Waals surface area contributed by atoms with Crippen molar-refractivity contribution in [1.82, 2.24) is 0 Å². The average Bonchev–Trinajstić information content (AvgIpc) is 2.64. The molecule has 2 nitrogen and oxygen atoms in total. The largest absolute Gasteiger partial charge is 0.475 e. The topological polar surface area (TPSA) is 21.6 Å². The monoisotopic (exact) mass is 277 g/mol. The average molecular weight is 278 g/mol. The Morgan fingerprint density at radius 1 is 1.17 bits per heavy atom. The van der Waals surface area contributed by atoms with Gasteiger partial charge in [-0.05, 0) is 20.8 Å². The highest BCUT2D eigenvalue weighted by molar-refractivity contribution is 6.31. The first-order chi connectivity index (χ1) is 8.24. The van der Waals surface area contributed by atoms with Crippen molar-refractivity contribution < 1.29 is 17.9 Å². The van der Waals surface area contributed by atoms with E-state index in [1.54, 1.807) is 13.8 Å². The Balaban J connectivity index is 2.67. The zero-order valence-corrected chi connectivity index (χ0v) is 10.8. The summed E-state index contributed by atoms with van der Waals surface area (Å²) in [6.07, 6.45) is 0. The standard InChI is InChI=1S/C12H11ClF3NO/c1-5-6(11-17-12(2,3)4-18-11)9(15)7(13)10(16)8(5)14/h4H2,1-3H3. The lowest BCUT2D eigenvalue weighted by molar-refractivity contribution is 0.278. The van der Waals surface area contributed by atoms with Gasteiger partial charge in [-0.15, -0.1) is 0 Å². The molecule has 0 saturated carbocycles.